The Kier molecular flexibility index (Phi) is 7.03. The third-order valence-electron chi connectivity index (χ3n) is 4.52. The smallest absolute Gasteiger partial charge is 0.241 e. The molecule has 1 saturated carbocycles. The number of carbonyl (C=O) groups is 2. The van der Waals surface area contributed by atoms with Crippen LogP contribution >= 0.6 is 0 Å². The van der Waals surface area contributed by atoms with E-state index < -0.39 is 11.9 Å². The molecule has 5 nitrogen and oxygen atoms in total. The SMILES string of the molecule is NC(=O)[C@H](CNc1cccc(F)c1)NC(=O)CCC1CCCCC1. The van der Waals surface area contributed by atoms with Gasteiger partial charge in [-0.1, -0.05) is 38.2 Å². The predicted octanol–water partition coefficient (Wildman–Crippen LogP) is 2.57. The van der Waals surface area contributed by atoms with Crippen molar-refractivity contribution >= 4 is 17.5 Å². The topological polar surface area (TPSA) is 84.2 Å². The lowest BCUT2D eigenvalue weighted by Crippen LogP contribution is -2.48. The number of benzene rings is 1. The summed E-state index contributed by atoms with van der Waals surface area (Å²) in [6.45, 7) is 0.133. The van der Waals surface area contributed by atoms with Crippen molar-refractivity contribution < 1.29 is 14.0 Å². The molecule has 1 aliphatic rings. The van der Waals surface area contributed by atoms with E-state index in [2.05, 4.69) is 10.6 Å². The van der Waals surface area contributed by atoms with Crippen molar-refractivity contribution in [2.24, 2.45) is 11.7 Å². The minimum absolute atomic E-state index is 0.133. The molecule has 1 aliphatic carbocycles. The van der Waals surface area contributed by atoms with Crippen LogP contribution in [0.1, 0.15) is 44.9 Å². The molecule has 0 radical (unpaired) electrons. The van der Waals surface area contributed by atoms with Gasteiger partial charge in [0.1, 0.15) is 11.9 Å². The molecular weight excluding hydrogens is 309 g/mol. The first-order chi connectivity index (χ1) is 11.5. The van der Waals surface area contributed by atoms with Gasteiger partial charge in [-0.2, -0.15) is 0 Å². The standard InChI is InChI=1S/C18H26FN3O2/c19-14-7-4-8-15(11-14)21-12-16(18(20)24)22-17(23)10-9-13-5-2-1-3-6-13/h4,7-8,11,13,16,21H,1-3,5-6,9-10,12H2,(H2,20,24)(H,22,23)/t16-/m0/s1. The van der Waals surface area contributed by atoms with Crippen molar-refractivity contribution in [1.82, 2.24) is 5.32 Å². The van der Waals surface area contributed by atoms with Gasteiger partial charge in [-0.3, -0.25) is 9.59 Å². The van der Waals surface area contributed by atoms with Crippen LogP contribution in [0.15, 0.2) is 24.3 Å². The Balaban J connectivity index is 1.77. The van der Waals surface area contributed by atoms with Crippen LogP contribution < -0.4 is 16.4 Å². The van der Waals surface area contributed by atoms with Crippen LogP contribution in [0.25, 0.3) is 0 Å². The molecule has 0 spiro atoms. The van der Waals surface area contributed by atoms with Gasteiger partial charge in [0.2, 0.25) is 11.8 Å². The average molecular weight is 335 g/mol. The fourth-order valence-corrected chi connectivity index (χ4v) is 3.12. The van der Waals surface area contributed by atoms with Crippen LogP contribution in [0.3, 0.4) is 0 Å². The van der Waals surface area contributed by atoms with E-state index in [-0.39, 0.29) is 18.3 Å². The van der Waals surface area contributed by atoms with Crippen LogP contribution in [0.2, 0.25) is 0 Å². The molecule has 1 aromatic rings. The number of hydrogen-bond acceptors (Lipinski definition) is 3. The van der Waals surface area contributed by atoms with Gasteiger partial charge in [0.25, 0.3) is 0 Å². The molecule has 0 bridgehead atoms. The molecule has 4 N–H and O–H groups in total. The fraction of sp³-hybridized carbons (Fsp3) is 0.556. The van der Waals surface area contributed by atoms with Crippen molar-refractivity contribution in [3.63, 3.8) is 0 Å². The van der Waals surface area contributed by atoms with E-state index >= 15 is 0 Å². The van der Waals surface area contributed by atoms with Crippen LogP contribution in [0.5, 0.6) is 0 Å². The zero-order chi connectivity index (χ0) is 17.4. The van der Waals surface area contributed by atoms with Gasteiger partial charge >= 0.3 is 0 Å². The summed E-state index contributed by atoms with van der Waals surface area (Å²) in [5, 5.41) is 5.59. The summed E-state index contributed by atoms with van der Waals surface area (Å²) in [7, 11) is 0. The molecule has 1 atom stereocenters. The molecule has 0 aliphatic heterocycles. The van der Waals surface area contributed by atoms with Crippen molar-refractivity contribution in [3.05, 3.63) is 30.1 Å². The number of rotatable bonds is 8. The highest BCUT2D eigenvalue weighted by Gasteiger charge is 2.19. The second-order valence-corrected chi connectivity index (χ2v) is 6.46. The Labute approximate surface area is 142 Å². The van der Waals surface area contributed by atoms with E-state index in [1.54, 1.807) is 12.1 Å². The Hall–Kier alpha value is -2.11. The molecule has 2 rings (SSSR count). The summed E-state index contributed by atoms with van der Waals surface area (Å²) in [5.41, 5.74) is 5.89. The highest BCUT2D eigenvalue weighted by atomic mass is 19.1. The van der Waals surface area contributed by atoms with Crippen molar-refractivity contribution in [3.8, 4) is 0 Å². The average Bonchev–Trinajstić information content (AvgIpc) is 2.57. The quantitative estimate of drug-likeness (QED) is 0.682. The van der Waals surface area contributed by atoms with Crippen LogP contribution in [-0.2, 0) is 9.59 Å². The van der Waals surface area contributed by atoms with Gasteiger partial charge < -0.3 is 16.4 Å². The first-order valence-electron chi connectivity index (χ1n) is 8.62. The van der Waals surface area contributed by atoms with Crippen LogP contribution in [0.4, 0.5) is 10.1 Å². The Morgan fingerprint density at radius 2 is 2.00 bits per heavy atom. The summed E-state index contributed by atoms with van der Waals surface area (Å²) in [5.74, 6) is -0.524. The van der Waals surface area contributed by atoms with E-state index in [1.807, 2.05) is 0 Å². The Morgan fingerprint density at radius 3 is 2.67 bits per heavy atom. The second-order valence-electron chi connectivity index (χ2n) is 6.46. The van der Waals surface area contributed by atoms with Gasteiger partial charge in [0.15, 0.2) is 0 Å². The maximum Gasteiger partial charge on any atom is 0.241 e. The molecule has 0 saturated heterocycles. The highest BCUT2D eigenvalue weighted by Crippen LogP contribution is 2.27. The van der Waals surface area contributed by atoms with Gasteiger partial charge in [-0.15, -0.1) is 0 Å². The molecule has 2 amide bonds. The monoisotopic (exact) mass is 335 g/mol. The lowest BCUT2D eigenvalue weighted by atomic mass is 9.86. The largest absolute Gasteiger partial charge is 0.382 e. The number of amides is 2. The maximum atomic E-state index is 13.1. The number of carbonyl (C=O) groups excluding carboxylic acids is 2. The number of hydrogen-bond donors (Lipinski definition) is 3. The molecule has 0 heterocycles. The number of nitrogens with two attached hydrogens (primary N) is 1. The van der Waals surface area contributed by atoms with E-state index in [0.29, 0.717) is 18.0 Å². The lowest BCUT2D eigenvalue weighted by Gasteiger charge is -2.22. The van der Waals surface area contributed by atoms with Crippen molar-refractivity contribution in [2.75, 3.05) is 11.9 Å². The summed E-state index contributed by atoms with van der Waals surface area (Å²) in [6, 6.07) is 5.10. The lowest BCUT2D eigenvalue weighted by molar-refractivity contribution is -0.127. The molecule has 1 fully saturated rings. The zero-order valence-electron chi connectivity index (χ0n) is 13.9. The van der Waals surface area contributed by atoms with Gasteiger partial charge in [-0.05, 0) is 30.5 Å². The molecule has 132 valence electrons. The first kappa shape index (κ1) is 18.2. The number of primary amides is 1. The first-order valence-corrected chi connectivity index (χ1v) is 8.62. The minimum Gasteiger partial charge on any atom is -0.382 e. The summed E-state index contributed by atoms with van der Waals surface area (Å²) >= 11 is 0. The molecular formula is C18H26FN3O2. The summed E-state index contributed by atoms with van der Waals surface area (Å²) < 4.78 is 13.1. The van der Waals surface area contributed by atoms with Gasteiger partial charge in [-0.25, -0.2) is 4.39 Å². The molecule has 1 aromatic carbocycles. The van der Waals surface area contributed by atoms with Crippen molar-refractivity contribution in [1.29, 1.82) is 0 Å². The minimum atomic E-state index is -0.813. The predicted molar refractivity (Wildman–Crippen MR) is 91.8 cm³/mol. The zero-order valence-corrected chi connectivity index (χ0v) is 13.9. The third-order valence-corrected chi connectivity index (χ3v) is 4.52. The molecule has 6 heteroatoms. The van der Waals surface area contributed by atoms with E-state index in [4.69, 9.17) is 5.73 Å². The molecule has 24 heavy (non-hydrogen) atoms. The second kappa shape index (κ2) is 9.25. The Bertz CT molecular complexity index is 559. The number of anilines is 1. The number of nitrogens with one attached hydrogen (secondary N) is 2. The Morgan fingerprint density at radius 1 is 1.25 bits per heavy atom. The highest BCUT2D eigenvalue weighted by molar-refractivity contribution is 5.87. The molecule has 0 aromatic heterocycles. The summed E-state index contributed by atoms with van der Waals surface area (Å²) in [6.07, 6.45) is 7.42. The van der Waals surface area contributed by atoms with Crippen LogP contribution in [0, 0.1) is 11.7 Å². The third kappa shape index (κ3) is 6.18. The van der Waals surface area contributed by atoms with E-state index in [1.165, 1.54) is 44.2 Å². The van der Waals surface area contributed by atoms with Gasteiger partial charge in [0, 0.05) is 18.7 Å². The van der Waals surface area contributed by atoms with Gasteiger partial charge in [0.05, 0.1) is 0 Å². The van der Waals surface area contributed by atoms with E-state index in [9.17, 15) is 14.0 Å². The molecule has 0 unspecified atom stereocenters. The number of halogens is 1. The van der Waals surface area contributed by atoms with Crippen molar-refractivity contribution in [2.45, 2.75) is 51.0 Å². The normalized spacial score (nSPS) is 16.4. The van der Waals surface area contributed by atoms with E-state index in [0.717, 1.165) is 6.42 Å². The summed E-state index contributed by atoms with van der Waals surface area (Å²) in [4.78, 5) is 23.6. The fourth-order valence-electron chi connectivity index (χ4n) is 3.12. The maximum absolute atomic E-state index is 13.1. The van der Waals surface area contributed by atoms with Crippen LogP contribution in [-0.4, -0.2) is 24.4 Å².